The van der Waals surface area contributed by atoms with Gasteiger partial charge in [-0.1, -0.05) is 11.6 Å². The first-order chi connectivity index (χ1) is 7.06. The van der Waals surface area contributed by atoms with E-state index in [0.29, 0.717) is 5.02 Å². The monoisotopic (exact) mass is 230 g/mol. The molecular weight excluding hydrogens is 220 g/mol. The maximum Gasteiger partial charge on any atom is 0.339 e. The second-order valence-electron chi connectivity index (χ2n) is 2.78. The molecule has 1 rings (SSSR count). The van der Waals surface area contributed by atoms with Crippen molar-refractivity contribution in [2.45, 2.75) is 13.0 Å². The van der Waals surface area contributed by atoms with Crippen molar-refractivity contribution in [1.29, 1.82) is 0 Å². The quantitative estimate of drug-likeness (QED) is 0.754. The van der Waals surface area contributed by atoms with Crippen LogP contribution in [0.3, 0.4) is 0 Å². The third kappa shape index (κ3) is 2.81. The number of aliphatic hydroxyl groups is 1. The molecular formula is C9H11ClN2O3. The van der Waals surface area contributed by atoms with Crippen LogP contribution in [0.25, 0.3) is 0 Å². The van der Waals surface area contributed by atoms with E-state index in [1.165, 1.54) is 12.3 Å². The van der Waals surface area contributed by atoms with Gasteiger partial charge < -0.3 is 15.6 Å². The van der Waals surface area contributed by atoms with E-state index in [4.69, 9.17) is 17.3 Å². The largest absolute Gasteiger partial charge is 0.464 e. The number of carbonyl (C=O) groups excluding carboxylic acids is 1. The predicted octanol–water partition coefficient (Wildman–Crippen LogP) is 0.914. The van der Waals surface area contributed by atoms with Crippen molar-refractivity contribution >= 4 is 23.4 Å². The first-order valence-electron chi connectivity index (χ1n) is 4.32. The number of aromatic nitrogens is 1. The SMILES string of the molecule is CCOC(=O)C(O)c1cc(Cl)cnc1N. The summed E-state index contributed by atoms with van der Waals surface area (Å²) in [4.78, 5) is 14.9. The van der Waals surface area contributed by atoms with Crippen molar-refractivity contribution in [3.63, 3.8) is 0 Å². The van der Waals surface area contributed by atoms with E-state index in [2.05, 4.69) is 9.72 Å². The van der Waals surface area contributed by atoms with Crippen molar-refractivity contribution in [2.24, 2.45) is 0 Å². The zero-order valence-corrected chi connectivity index (χ0v) is 8.86. The van der Waals surface area contributed by atoms with Crippen LogP contribution in [0.4, 0.5) is 5.82 Å². The Hall–Kier alpha value is -1.33. The second kappa shape index (κ2) is 4.95. The van der Waals surface area contributed by atoms with E-state index in [9.17, 15) is 9.90 Å². The number of rotatable bonds is 3. The van der Waals surface area contributed by atoms with Gasteiger partial charge in [0.2, 0.25) is 0 Å². The number of pyridine rings is 1. The zero-order valence-electron chi connectivity index (χ0n) is 8.11. The molecule has 0 aliphatic heterocycles. The number of ether oxygens (including phenoxy) is 1. The molecule has 5 nitrogen and oxygen atoms in total. The Bertz CT molecular complexity index is 370. The van der Waals surface area contributed by atoms with Crippen LogP contribution >= 0.6 is 11.6 Å². The molecule has 15 heavy (non-hydrogen) atoms. The van der Waals surface area contributed by atoms with Crippen molar-refractivity contribution < 1.29 is 14.6 Å². The summed E-state index contributed by atoms with van der Waals surface area (Å²) in [7, 11) is 0. The molecule has 3 N–H and O–H groups in total. The fourth-order valence-corrected chi connectivity index (χ4v) is 1.20. The summed E-state index contributed by atoms with van der Waals surface area (Å²) in [5.74, 6) is -0.715. The summed E-state index contributed by atoms with van der Waals surface area (Å²) < 4.78 is 4.64. The first-order valence-corrected chi connectivity index (χ1v) is 4.69. The standard InChI is InChI=1S/C9H11ClN2O3/c1-2-15-9(14)7(13)6-3-5(10)4-12-8(6)11/h3-4,7,13H,2H2,1H3,(H2,11,12). The average molecular weight is 231 g/mol. The molecule has 0 fully saturated rings. The van der Waals surface area contributed by atoms with Crippen molar-refractivity contribution in [3.8, 4) is 0 Å². The fourth-order valence-electron chi connectivity index (χ4n) is 1.03. The van der Waals surface area contributed by atoms with Crippen LogP contribution in [0, 0.1) is 0 Å². The van der Waals surface area contributed by atoms with Crippen LogP contribution in [-0.4, -0.2) is 22.7 Å². The second-order valence-corrected chi connectivity index (χ2v) is 3.22. The lowest BCUT2D eigenvalue weighted by Crippen LogP contribution is -2.17. The van der Waals surface area contributed by atoms with E-state index in [1.807, 2.05) is 0 Å². The van der Waals surface area contributed by atoms with Crippen LogP contribution < -0.4 is 5.73 Å². The van der Waals surface area contributed by atoms with Crippen LogP contribution in [0.15, 0.2) is 12.3 Å². The molecule has 0 saturated carbocycles. The highest BCUT2D eigenvalue weighted by atomic mass is 35.5. The van der Waals surface area contributed by atoms with Gasteiger partial charge in [0, 0.05) is 11.8 Å². The maximum atomic E-state index is 11.2. The number of carbonyl (C=O) groups is 1. The van der Waals surface area contributed by atoms with Gasteiger partial charge in [-0.2, -0.15) is 0 Å². The van der Waals surface area contributed by atoms with Gasteiger partial charge in [0.1, 0.15) is 5.82 Å². The smallest absolute Gasteiger partial charge is 0.339 e. The van der Waals surface area contributed by atoms with Gasteiger partial charge in [-0.15, -0.1) is 0 Å². The molecule has 0 aliphatic rings. The van der Waals surface area contributed by atoms with Crippen LogP contribution in [0.1, 0.15) is 18.6 Å². The van der Waals surface area contributed by atoms with Gasteiger partial charge in [0.05, 0.1) is 11.6 Å². The normalized spacial score (nSPS) is 12.2. The molecule has 0 amide bonds. The van der Waals surface area contributed by atoms with E-state index in [-0.39, 0.29) is 18.0 Å². The third-order valence-corrected chi connectivity index (χ3v) is 1.93. The minimum Gasteiger partial charge on any atom is -0.464 e. The van der Waals surface area contributed by atoms with Crippen molar-refractivity contribution in [1.82, 2.24) is 4.98 Å². The maximum absolute atomic E-state index is 11.2. The lowest BCUT2D eigenvalue weighted by molar-refractivity contribution is -0.153. The highest BCUT2D eigenvalue weighted by molar-refractivity contribution is 6.30. The van der Waals surface area contributed by atoms with E-state index in [1.54, 1.807) is 6.92 Å². The molecule has 82 valence electrons. The molecule has 1 unspecified atom stereocenters. The zero-order chi connectivity index (χ0) is 11.4. The van der Waals surface area contributed by atoms with Gasteiger partial charge in [0.15, 0.2) is 6.10 Å². The molecule has 1 heterocycles. The summed E-state index contributed by atoms with van der Waals surface area (Å²) in [6.45, 7) is 1.83. The number of aliphatic hydroxyl groups excluding tert-OH is 1. The molecule has 1 atom stereocenters. The van der Waals surface area contributed by atoms with Crippen molar-refractivity contribution in [2.75, 3.05) is 12.3 Å². The summed E-state index contributed by atoms with van der Waals surface area (Å²) in [5, 5.41) is 9.87. The molecule has 0 aromatic carbocycles. The van der Waals surface area contributed by atoms with Gasteiger partial charge >= 0.3 is 5.97 Å². The highest BCUT2D eigenvalue weighted by Gasteiger charge is 2.21. The molecule has 1 aromatic heterocycles. The number of halogens is 1. The lowest BCUT2D eigenvalue weighted by Gasteiger charge is -2.11. The Morgan fingerprint density at radius 3 is 3.07 bits per heavy atom. The number of anilines is 1. The molecule has 0 aliphatic carbocycles. The van der Waals surface area contributed by atoms with E-state index >= 15 is 0 Å². The molecule has 6 heteroatoms. The number of nitrogen functional groups attached to an aromatic ring is 1. The summed E-state index contributed by atoms with van der Waals surface area (Å²) in [5.41, 5.74) is 5.64. The summed E-state index contributed by atoms with van der Waals surface area (Å²) in [6, 6.07) is 1.38. The number of nitrogens with two attached hydrogens (primary N) is 1. The van der Waals surface area contributed by atoms with E-state index in [0.717, 1.165) is 0 Å². The van der Waals surface area contributed by atoms with Crippen LogP contribution in [0.2, 0.25) is 5.02 Å². The Balaban J connectivity index is 2.94. The Morgan fingerprint density at radius 2 is 2.47 bits per heavy atom. The number of esters is 1. The molecule has 0 bridgehead atoms. The average Bonchev–Trinajstić information content (AvgIpc) is 2.21. The van der Waals surface area contributed by atoms with Crippen molar-refractivity contribution in [3.05, 3.63) is 22.8 Å². The number of hydrogen-bond acceptors (Lipinski definition) is 5. The molecule has 0 saturated heterocycles. The summed E-state index contributed by atoms with van der Waals surface area (Å²) in [6.07, 6.45) is -0.116. The minimum atomic E-state index is -1.45. The molecule has 1 aromatic rings. The number of hydrogen-bond donors (Lipinski definition) is 2. The first kappa shape index (κ1) is 11.7. The summed E-state index contributed by atoms with van der Waals surface area (Å²) >= 11 is 5.66. The molecule has 0 spiro atoms. The highest BCUT2D eigenvalue weighted by Crippen LogP contribution is 2.22. The lowest BCUT2D eigenvalue weighted by atomic mass is 10.1. The van der Waals surface area contributed by atoms with Crippen LogP contribution in [0.5, 0.6) is 0 Å². The predicted molar refractivity (Wildman–Crippen MR) is 55.3 cm³/mol. The van der Waals surface area contributed by atoms with E-state index < -0.39 is 12.1 Å². The Morgan fingerprint density at radius 1 is 1.80 bits per heavy atom. The number of nitrogens with zero attached hydrogens (tertiary/aromatic N) is 1. The van der Waals surface area contributed by atoms with Gasteiger partial charge in [0.25, 0.3) is 0 Å². The Labute approximate surface area is 91.8 Å². The van der Waals surface area contributed by atoms with Gasteiger partial charge in [-0.3, -0.25) is 0 Å². The molecule has 0 radical (unpaired) electrons. The van der Waals surface area contributed by atoms with Gasteiger partial charge in [-0.05, 0) is 13.0 Å². The topological polar surface area (TPSA) is 85.4 Å². The fraction of sp³-hybridized carbons (Fsp3) is 0.333. The third-order valence-electron chi connectivity index (χ3n) is 1.72. The van der Waals surface area contributed by atoms with Crippen LogP contribution in [-0.2, 0) is 9.53 Å². The van der Waals surface area contributed by atoms with Gasteiger partial charge in [-0.25, -0.2) is 9.78 Å². The minimum absolute atomic E-state index is 0.0555. The Kier molecular flexibility index (Phi) is 3.88.